The lowest BCUT2D eigenvalue weighted by Gasteiger charge is -2.08. The Hall–Kier alpha value is -2.82. The van der Waals surface area contributed by atoms with E-state index in [4.69, 9.17) is 4.74 Å². The standard InChI is InChI=1S/C20H23N3O2/c1-2-3-4-11-20(24)22-16-8-7-9-18(13-16)25-15-17-14-23-12-6-5-10-19(23)21-17/h5-10,12-14H,2-4,11,15H2,1H3,(H,22,24). The Balaban J connectivity index is 1.56. The molecule has 0 saturated heterocycles. The zero-order valence-corrected chi connectivity index (χ0v) is 14.4. The van der Waals surface area contributed by atoms with Crippen molar-refractivity contribution < 1.29 is 9.53 Å². The van der Waals surface area contributed by atoms with Crippen LogP contribution in [0.1, 0.15) is 38.3 Å². The maximum absolute atomic E-state index is 11.9. The lowest BCUT2D eigenvalue weighted by molar-refractivity contribution is -0.116. The lowest BCUT2D eigenvalue weighted by atomic mass is 10.2. The van der Waals surface area contributed by atoms with Gasteiger partial charge in [-0.25, -0.2) is 4.98 Å². The summed E-state index contributed by atoms with van der Waals surface area (Å²) in [6, 6.07) is 13.3. The molecule has 0 bridgehead atoms. The molecular weight excluding hydrogens is 314 g/mol. The van der Waals surface area contributed by atoms with Gasteiger partial charge in [-0.15, -0.1) is 0 Å². The molecule has 2 aromatic heterocycles. The number of ether oxygens (including phenoxy) is 1. The first-order valence-corrected chi connectivity index (χ1v) is 8.70. The van der Waals surface area contributed by atoms with Crippen LogP contribution in [-0.2, 0) is 11.4 Å². The molecule has 1 N–H and O–H groups in total. The summed E-state index contributed by atoms with van der Waals surface area (Å²) in [6.45, 7) is 2.51. The highest BCUT2D eigenvalue weighted by molar-refractivity contribution is 5.90. The first-order valence-electron chi connectivity index (χ1n) is 8.70. The first-order chi connectivity index (χ1) is 12.2. The molecule has 25 heavy (non-hydrogen) atoms. The third kappa shape index (κ3) is 4.83. The molecule has 5 heteroatoms. The van der Waals surface area contributed by atoms with Gasteiger partial charge in [0.2, 0.25) is 5.91 Å². The van der Waals surface area contributed by atoms with Crippen molar-refractivity contribution in [1.82, 2.24) is 9.38 Å². The van der Waals surface area contributed by atoms with Gasteiger partial charge < -0.3 is 14.5 Å². The second-order valence-electron chi connectivity index (χ2n) is 6.02. The minimum atomic E-state index is 0.0472. The number of nitrogens with zero attached hydrogens (tertiary/aromatic N) is 2. The largest absolute Gasteiger partial charge is 0.487 e. The van der Waals surface area contributed by atoms with Crippen molar-refractivity contribution in [2.45, 2.75) is 39.2 Å². The Morgan fingerprint density at radius 3 is 2.96 bits per heavy atom. The molecule has 0 spiro atoms. The fourth-order valence-corrected chi connectivity index (χ4v) is 2.64. The quantitative estimate of drug-likeness (QED) is 0.619. The molecule has 3 rings (SSSR count). The Kier molecular flexibility index (Phi) is 5.67. The van der Waals surface area contributed by atoms with Gasteiger partial charge in [0.1, 0.15) is 18.0 Å². The van der Waals surface area contributed by atoms with E-state index in [1.807, 2.05) is 59.3 Å². The smallest absolute Gasteiger partial charge is 0.224 e. The molecule has 3 aromatic rings. The number of benzene rings is 1. The summed E-state index contributed by atoms with van der Waals surface area (Å²) in [7, 11) is 0. The zero-order valence-electron chi connectivity index (χ0n) is 14.4. The average Bonchev–Trinajstić information content (AvgIpc) is 3.03. The summed E-state index contributed by atoms with van der Waals surface area (Å²) in [5.41, 5.74) is 2.52. The molecule has 0 radical (unpaired) electrons. The lowest BCUT2D eigenvalue weighted by Crippen LogP contribution is -2.11. The Morgan fingerprint density at radius 1 is 1.20 bits per heavy atom. The van der Waals surface area contributed by atoms with Crippen LogP contribution in [0.25, 0.3) is 5.65 Å². The van der Waals surface area contributed by atoms with Gasteiger partial charge >= 0.3 is 0 Å². The fraction of sp³-hybridized carbons (Fsp3) is 0.300. The van der Waals surface area contributed by atoms with Gasteiger partial charge in [0.25, 0.3) is 0 Å². The van der Waals surface area contributed by atoms with Crippen LogP contribution >= 0.6 is 0 Å². The van der Waals surface area contributed by atoms with Gasteiger partial charge in [-0.1, -0.05) is 31.9 Å². The van der Waals surface area contributed by atoms with E-state index in [9.17, 15) is 4.79 Å². The Labute approximate surface area is 147 Å². The molecule has 0 fully saturated rings. The van der Waals surface area contributed by atoms with Crippen molar-refractivity contribution >= 4 is 17.2 Å². The van der Waals surface area contributed by atoms with E-state index in [0.29, 0.717) is 18.8 Å². The number of carbonyl (C=O) groups is 1. The topological polar surface area (TPSA) is 55.6 Å². The number of rotatable bonds is 8. The van der Waals surface area contributed by atoms with Crippen molar-refractivity contribution in [2.75, 3.05) is 5.32 Å². The molecule has 0 aliphatic carbocycles. The average molecular weight is 337 g/mol. The summed E-state index contributed by atoms with van der Waals surface area (Å²) in [5.74, 6) is 0.759. The monoisotopic (exact) mass is 337 g/mol. The zero-order chi connectivity index (χ0) is 17.5. The number of hydrogen-bond donors (Lipinski definition) is 1. The minimum Gasteiger partial charge on any atom is -0.487 e. The molecule has 1 aromatic carbocycles. The first kappa shape index (κ1) is 17.0. The van der Waals surface area contributed by atoms with E-state index >= 15 is 0 Å². The van der Waals surface area contributed by atoms with Crippen molar-refractivity contribution in [1.29, 1.82) is 0 Å². The van der Waals surface area contributed by atoms with E-state index in [0.717, 1.165) is 36.3 Å². The van der Waals surface area contributed by atoms with E-state index in [2.05, 4.69) is 17.2 Å². The van der Waals surface area contributed by atoms with E-state index in [-0.39, 0.29) is 5.91 Å². The van der Waals surface area contributed by atoms with Gasteiger partial charge in [0.15, 0.2) is 0 Å². The van der Waals surface area contributed by atoms with Crippen LogP contribution in [0.4, 0.5) is 5.69 Å². The van der Waals surface area contributed by atoms with Crippen LogP contribution in [0.15, 0.2) is 54.9 Å². The predicted octanol–water partition coefficient (Wildman–Crippen LogP) is 4.43. The molecule has 0 saturated carbocycles. The molecule has 2 heterocycles. The van der Waals surface area contributed by atoms with Gasteiger partial charge in [0.05, 0.1) is 5.69 Å². The number of pyridine rings is 1. The highest BCUT2D eigenvalue weighted by atomic mass is 16.5. The number of imidazole rings is 1. The number of carbonyl (C=O) groups excluding carboxylic acids is 1. The van der Waals surface area contributed by atoms with Crippen molar-refractivity contribution in [3.05, 3.63) is 60.6 Å². The van der Waals surface area contributed by atoms with Crippen molar-refractivity contribution in [3.63, 3.8) is 0 Å². The molecular formula is C20H23N3O2. The Morgan fingerprint density at radius 2 is 2.12 bits per heavy atom. The number of hydrogen-bond acceptors (Lipinski definition) is 3. The maximum atomic E-state index is 11.9. The van der Waals surface area contributed by atoms with Gasteiger partial charge in [-0.3, -0.25) is 4.79 Å². The second kappa shape index (κ2) is 8.33. The second-order valence-corrected chi connectivity index (χ2v) is 6.02. The van der Waals surface area contributed by atoms with Gasteiger partial charge in [0, 0.05) is 30.6 Å². The predicted molar refractivity (Wildman–Crippen MR) is 98.7 cm³/mol. The molecule has 0 aliphatic rings. The normalized spacial score (nSPS) is 10.8. The third-order valence-electron chi connectivity index (χ3n) is 3.93. The van der Waals surface area contributed by atoms with E-state index < -0.39 is 0 Å². The van der Waals surface area contributed by atoms with Crippen LogP contribution < -0.4 is 10.1 Å². The fourth-order valence-electron chi connectivity index (χ4n) is 2.64. The number of aromatic nitrogens is 2. The van der Waals surface area contributed by atoms with Crippen molar-refractivity contribution in [2.24, 2.45) is 0 Å². The molecule has 0 unspecified atom stereocenters. The molecule has 0 aliphatic heterocycles. The van der Waals surface area contributed by atoms with Crippen LogP contribution in [-0.4, -0.2) is 15.3 Å². The van der Waals surface area contributed by atoms with E-state index in [1.54, 1.807) is 0 Å². The van der Waals surface area contributed by atoms with Crippen LogP contribution in [0, 0.1) is 0 Å². The molecule has 1 amide bonds. The summed E-state index contributed by atoms with van der Waals surface area (Å²) in [6.07, 6.45) is 7.58. The van der Waals surface area contributed by atoms with Crippen LogP contribution in [0.2, 0.25) is 0 Å². The van der Waals surface area contributed by atoms with Crippen LogP contribution in [0.5, 0.6) is 5.75 Å². The number of unbranched alkanes of at least 4 members (excludes halogenated alkanes) is 2. The number of anilines is 1. The van der Waals surface area contributed by atoms with Crippen LogP contribution in [0.3, 0.4) is 0 Å². The summed E-state index contributed by atoms with van der Waals surface area (Å²) >= 11 is 0. The number of amides is 1. The van der Waals surface area contributed by atoms with E-state index in [1.165, 1.54) is 0 Å². The third-order valence-corrected chi connectivity index (χ3v) is 3.93. The van der Waals surface area contributed by atoms with Gasteiger partial charge in [-0.05, 0) is 30.7 Å². The Bertz CT molecular complexity index is 809. The molecule has 5 nitrogen and oxygen atoms in total. The highest BCUT2D eigenvalue weighted by Gasteiger charge is 2.05. The number of nitrogens with one attached hydrogen (secondary N) is 1. The SMILES string of the molecule is CCCCCC(=O)Nc1cccc(OCc2cn3ccccc3n2)c1. The van der Waals surface area contributed by atoms with Crippen molar-refractivity contribution in [3.8, 4) is 5.75 Å². The van der Waals surface area contributed by atoms with Gasteiger partial charge in [-0.2, -0.15) is 0 Å². The number of fused-ring (bicyclic) bond motifs is 1. The molecule has 130 valence electrons. The summed E-state index contributed by atoms with van der Waals surface area (Å²) < 4.78 is 7.78. The minimum absolute atomic E-state index is 0.0472. The molecule has 0 atom stereocenters. The summed E-state index contributed by atoms with van der Waals surface area (Å²) in [5, 5.41) is 2.92. The summed E-state index contributed by atoms with van der Waals surface area (Å²) in [4.78, 5) is 16.4. The maximum Gasteiger partial charge on any atom is 0.224 e. The highest BCUT2D eigenvalue weighted by Crippen LogP contribution is 2.19.